The Kier molecular flexibility index (Phi) is 5.81. The number of esters is 1. The fourth-order valence-electron chi connectivity index (χ4n) is 1.94. The van der Waals surface area contributed by atoms with Crippen molar-refractivity contribution < 1.29 is 19.1 Å². The molecule has 1 aromatic rings. The largest absolute Gasteiger partial charge is 0.465 e. The monoisotopic (exact) mass is 321 g/mol. The molecule has 0 bridgehead atoms. The molecule has 5 heteroatoms. The number of rotatable bonds is 3. The summed E-state index contributed by atoms with van der Waals surface area (Å²) in [5.74, 6) is -0.378. The van der Waals surface area contributed by atoms with Gasteiger partial charge in [-0.2, -0.15) is 0 Å². The van der Waals surface area contributed by atoms with Crippen LogP contribution in [0.1, 0.15) is 57.5 Å². The Balaban J connectivity index is 2.94. The van der Waals surface area contributed by atoms with Crippen LogP contribution in [0, 0.1) is 0 Å². The Hall–Kier alpha value is -2.04. The van der Waals surface area contributed by atoms with Gasteiger partial charge in [0.1, 0.15) is 5.60 Å². The number of nitrogens with zero attached hydrogens (tertiary/aromatic N) is 1. The van der Waals surface area contributed by atoms with Crippen LogP contribution in [0.25, 0.3) is 0 Å². The van der Waals surface area contributed by atoms with Gasteiger partial charge in [-0.1, -0.05) is 12.1 Å². The highest BCUT2D eigenvalue weighted by Crippen LogP contribution is 2.21. The second-order valence-electron chi connectivity index (χ2n) is 7.43. The van der Waals surface area contributed by atoms with Gasteiger partial charge in [0, 0.05) is 12.1 Å². The topological polar surface area (TPSA) is 55.8 Å². The Morgan fingerprint density at radius 3 is 1.91 bits per heavy atom. The van der Waals surface area contributed by atoms with Crippen LogP contribution in [-0.4, -0.2) is 35.2 Å². The van der Waals surface area contributed by atoms with Gasteiger partial charge in [-0.15, -0.1) is 0 Å². The highest BCUT2D eigenvalue weighted by Gasteiger charge is 2.30. The van der Waals surface area contributed by atoms with Crippen molar-refractivity contribution in [3.63, 3.8) is 0 Å². The molecule has 128 valence electrons. The second kappa shape index (κ2) is 7.02. The van der Waals surface area contributed by atoms with Crippen LogP contribution in [0.2, 0.25) is 0 Å². The molecule has 0 aliphatic rings. The van der Waals surface area contributed by atoms with Crippen molar-refractivity contribution >= 4 is 12.1 Å². The van der Waals surface area contributed by atoms with E-state index in [0.717, 1.165) is 5.56 Å². The van der Waals surface area contributed by atoms with Crippen molar-refractivity contribution in [1.29, 1.82) is 0 Å². The summed E-state index contributed by atoms with van der Waals surface area (Å²) in [6.07, 6.45) is -0.359. The van der Waals surface area contributed by atoms with Crippen molar-refractivity contribution in [3.05, 3.63) is 35.4 Å². The van der Waals surface area contributed by atoms with E-state index in [2.05, 4.69) is 4.74 Å². The number of ether oxygens (including phenoxy) is 2. The summed E-state index contributed by atoms with van der Waals surface area (Å²) in [7, 11) is 1.35. The van der Waals surface area contributed by atoms with Crippen LogP contribution < -0.4 is 0 Å². The molecule has 0 spiro atoms. The molecular weight excluding hydrogens is 294 g/mol. The summed E-state index contributed by atoms with van der Waals surface area (Å²) in [6, 6.07) is 7.01. The molecule has 0 saturated heterocycles. The van der Waals surface area contributed by atoms with Crippen molar-refractivity contribution in [1.82, 2.24) is 4.90 Å². The summed E-state index contributed by atoms with van der Waals surface area (Å²) >= 11 is 0. The standard InChI is InChI=1S/C18H27NO4/c1-17(2,3)19(16(21)23-18(4,5)6)12-13-8-10-14(11-9-13)15(20)22-7/h8-11H,12H2,1-7H3. The number of benzene rings is 1. The lowest BCUT2D eigenvalue weighted by atomic mass is 10.0. The molecule has 0 aromatic heterocycles. The Morgan fingerprint density at radius 2 is 1.52 bits per heavy atom. The SMILES string of the molecule is COC(=O)c1ccc(CN(C(=O)OC(C)(C)C)C(C)(C)C)cc1. The van der Waals surface area contributed by atoms with E-state index >= 15 is 0 Å². The molecule has 0 fully saturated rings. The summed E-state index contributed by atoms with van der Waals surface area (Å²) in [4.78, 5) is 25.6. The molecule has 1 amide bonds. The molecule has 1 aromatic carbocycles. The average molecular weight is 321 g/mol. The zero-order valence-corrected chi connectivity index (χ0v) is 15.1. The number of amides is 1. The molecule has 0 aliphatic carbocycles. The Bertz CT molecular complexity index is 550. The summed E-state index contributed by atoms with van der Waals surface area (Å²) in [5, 5.41) is 0. The third-order valence-corrected chi connectivity index (χ3v) is 3.14. The predicted octanol–water partition coefficient (Wildman–Crippen LogP) is 4.01. The first-order valence-electron chi connectivity index (χ1n) is 7.62. The van der Waals surface area contributed by atoms with Gasteiger partial charge in [0.15, 0.2) is 0 Å². The van der Waals surface area contributed by atoms with Gasteiger partial charge < -0.3 is 9.47 Å². The van der Waals surface area contributed by atoms with Gasteiger partial charge in [-0.3, -0.25) is 4.90 Å². The maximum Gasteiger partial charge on any atom is 0.411 e. The molecule has 1 rings (SSSR count). The highest BCUT2D eigenvalue weighted by molar-refractivity contribution is 5.89. The van der Waals surface area contributed by atoms with E-state index < -0.39 is 5.60 Å². The van der Waals surface area contributed by atoms with E-state index in [4.69, 9.17) is 4.74 Å². The molecule has 0 N–H and O–H groups in total. The fourth-order valence-corrected chi connectivity index (χ4v) is 1.94. The van der Waals surface area contributed by atoms with E-state index in [1.807, 2.05) is 53.7 Å². The van der Waals surface area contributed by atoms with Crippen molar-refractivity contribution in [2.45, 2.75) is 59.2 Å². The third-order valence-electron chi connectivity index (χ3n) is 3.14. The lowest BCUT2D eigenvalue weighted by Gasteiger charge is -2.37. The molecule has 23 heavy (non-hydrogen) atoms. The summed E-state index contributed by atoms with van der Waals surface area (Å²) < 4.78 is 10.2. The maximum absolute atomic E-state index is 12.5. The molecule has 0 aliphatic heterocycles. The first-order chi connectivity index (χ1) is 10.4. The van der Waals surface area contributed by atoms with Gasteiger partial charge in [-0.05, 0) is 59.2 Å². The van der Waals surface area contributed by atoms with E-state index in [1.165, 1.54) is 7.11 Å². The zero-order valence-electron chi connectivity index (χ0n) is 15.1. The minimum Gasteiger partial charge on any atom is -0.465 e. The summed E-state index contributed by atoms with van der Waals surface area (Å²) in [5.41, 5.74) is 0.466. The zero-order chi connectivity index (χ0) is 17.8. The van der Waals surface area contributed by atoms with E-state index in [0.29, 0.717) is 12.1 Å². The second-order valence-corrected chi connectivity index (χ2v) is 7.43. The van der Waals surface area contributed by atoms with Crippen LogP contribution in [-0.2, 0) is 16.0 Å². The molecular formula is C18H27NO4. The average Bonchev–Trinajstić information content (AvgIpc) is 2.41. The lowest BCUT2D eigenvalue weighted by Crippen LogP contribution is -2.47. The third kappa shape index (κ3) is 5.93. The number of hydrogen-bond acceptors (Lipinski definition) is 4. The predicted molar refractivity (Wildman–Crippen MR) is 89.3 cm³/mol. The minimum atomic E-state index is -0.546. The van der Waals surface area contributed by atoms with Crippen molar-refractivity contribution in [2.24, 2.45) is 0 Å². The van der Waals surface area contributed by atoms with Gasteiger partial charge in [0.05, 0.1) is 12.7 Å². The van der Waals surface area contributed by atoms with Crippen LogP contribution in [0.4, 0.5) is 4.79 Å². The van der Waals surface area contributed by atoms with E-state index in [-0.39, 0.29) is 17.6 Å². The molecule has 0 radical (unpaired) electrons. The maximum atomic E-state index is 12.5. The number of carbonyl (C=O) groups excluding carboxylic acids is 2. The van der Waals surface area contributed by atoms with E-state index in [9.17, 15) is 9.59 Å². The van der Waals surface area contributed by atoms with Gasteiger partial charge in [0.2, 0.25) is 0 Å². The van der Waals surface area contributed by atoms with Crippen LogP contribution in [0.3, 0.4) is 0 Å². The molecule has 0 unspecified atom stereocenters. The first kappa shape index (κ1) is 19.0. The number of carbonyl (C=O) groups is 2. The fraction of sp³-hybridized carbons (Fsp3) is 0.556. The minimum absolute atomic E-state index is 0.359. The molecule has 0 saturated carbocycles. The normalized spacial score (nSPS) is 11.8. The lowest BCUT2D eigenvalue weighted by molar-refractivity contribution is 0.00368. The number of methoxy groups -OCH3 is 1. The van der Waals surface area contributed by atoms with Gasteiger partial charge in [-0.25, -0.2) is 9.59 Å². The Labute approximate surface area is 138 Å². The van der Waals surface area contributed by atoms with Crippen LogP contribution in [0.15, 0.2) is 24.3 Å². The molecule has 0 atom stereocenters. The van der Waals surface area contributed by atoms with E-state index in [1.54, 1.807) is 17.0 Å². The Morgan fingerprint density at radius 1 is 1.00 bits per heavy atom. The first-order valence-corrected chi connectivity index (χ1v) is 7.62. The van der Waals surface area contributed by atoms with Crippen LogP contribution in [0.5, 0.6) is 0 Å². The smallest absolute Gasteiger partial charge is 0.411 e. The molecule has 5 nitrogen and oxygen atoms in total. The highest BCUT2D eigenvalue weighted by atomic mass is 16.6. The summed E-state index contributed by atoms with van der Waals surface area (Å²) in [6.45, 7) is 11.8. The van der Waals surface area contributed by atoms with Gasteiger partial charge >= 0.3 is 12.1 Å². The number of hydrogen-bond donors (Lipinski definition) is 0. The molecule has 0 heterocycles. The van der Waals surface area contributed by atoms with Gasteiger partial charge in [0.25, 0.3) is 0 Å². The van der Waals surface area contributed by atoms with Crippen molar-refractivity contribution in [3.8, 4) is 0 Å². The van der Waals surface area contributed by atoms with Crippen LogP contribution >= 0.6 is 0 Å². The van der Waals surface area contributed by atoms with Crippen molar-refractivity contribution in [2.75, 3.05) is 7.11 Å². The quantitative estimate of drug-likeness (QED) is 0.789.